The topological polar surface area (TPSA) is 189 Å². The Kier molecular flexibility index (Phi) is 9.92. The van der Waals surface area contributed by atoms with Gasteiger partial charge in [-0.25, -0.2) is 24.5 Å². The predicted octanol–water partition coefficient (Wildman–Crippen LogP) is 2.07. The molecule has 208 valence electrons. The number of amidine groups is 1. The van der Waals surface area contributed by atoms with Gasteiger partial charge in [-0.2, -0.15) is 0 Å². The van der Waals surface area contributed by atoms with Gasteiger partial charge in [0.15, 0.2) is 5.84 Å². The van der Waals surface area contributed by atoms with E-state index in [2.05, 4.69) is 25.0 Å². The maximum Gasteiger partial charge on any atom is 0.419 e. The Morgan fingerprint density at radius 2 is 1.97 bits per heavy atom. The van der Waals surface area contributed by atoms with Gasteiger partial charge in [0.2, 0.25) is 6.79 Å². The third kappa shape index (κ3) is 7.51. The first-order valence-corrected chi connectivity index (χ1v) is 12.4. The van der Waals surface area contributed by atoms with E-state index >= 15 is 0 Å². The molecule has 2 aromatic rings. The summed E-state index contributed by atoms with van der Waals surface area (Å²) in [4.78, 5) is 62.0. The van der Waals surface area contributed by atoms with Crippen LogP contribution in [0, 0.1) is 13.8 Å². The fourth-order valence-corrected chi connectivity index (χ4v) is 3.57. The van der Waals surface area contributed by atoms with Crippen LogP contribution in [0.5, 0.6) is 0 Å². The van der Waals surface area contributed by atoms with E-state index in [1.54, 1.807) is 32.0 Å². The number of ether oxygens (including phenoxy) is 2. The van der Waals surface area contributed by atoms with Crippen LogP contribution in [0.4, 0.5) is 10.5 Å². The minimum atomic E-state index is -1.01. The smallest absolute Gasteiger partial charge is 0.419 e. The SMILES string of the molecule is CCCN(C(=O)OCOC(=O)CO)C(=O)c1c[nH]c(C(N=CN)=Nc2cc(C(=O)NC3CC3)ccc2C)c1C. The molecule has 0 unspecified atom stereocenters. The highest BCUT2D eigenvalue weighted by Crippen LogP contribution is 2.25. The Labute approximate surface area is 225 Å². The van der Waals surface area contributed by atoms with Crippen molar-refractivity contribution in [2.45, 2.75) is 46.1 Å². The number of H-pyrrole nitrogens is 1. The van der Waals surface area contributed by atoms with Gasteiger partial charge in [-0.05, 0) is 56.4 Å². The number of nitrogens with two attached hydrogens (primary N) is 1. The number of aromatic amines is 1. The number of aromatic nitrogens is 1. The van der Waals surface area contributed by atoms with Gasteiger partial charge < -0.3 is 30.6 Å². The zero-order chi connectivity index (χ0) is 28.5. The highest BCUT2D eigenvalue weighted by atomic mass is 16.7. The number of aliphatic imine (C=N–C) groups is 2. The number of nitrogens with one attached hydrogen (secondary N) is 2. The van der Waals surface area contributed by atoms with Gasteiger partial charge in [0, 0.05) is 24.3 Å². The van der Waals surface area contributed by atoms with Crippen LogP contribution >= 0.6 is 0 Å². The van der Waals surface area contributed by atoms with Crippen molar-refractivity contribution >= 4 is 41.7 Å². The van der Waals surface area contributed by atoms with Crippen molar-refractivity contribution in [3.63, 3.8) is 0 Å². The molecule has 3 rings (SSSR count). The molecule has 0 radical (unpaired) electrons. The number of esters is 1. The second-order valence-corrected chi connectivity index (χ2v) is 8.82. The van der Waals surface area contributed by atoms with Gasteiger partial charge in [-0.15, -0.1) is 0 Å². The molecule has 1 aromatic carbocycles. The van der Waals surface area contributed by atoms with E-state index in [1.807, 2.05) is 6.92 Å². The molecule has 0 atom stereocenters. The first-order valence-electron chi connectivity index (χ1n) is 12.4. The summed E-state index contributed by atoms with van der Waals surface area (Å²) in [7, 11) is 0. The zero-order valence-electron chi connectivity index (χ0n) is 22.0. The van der Waals surface area contributed by atoms with Crippen LogP contribution in [-0.2, 0) is 14.3 Å². The summed E-state index contributed by atoms with van der Waals surface area (Å²) in [5.74, 6) is -1.64. The van der Waals surface area contributed by atoms with Gasteiger partial charge in [-0.3, -0.25) is 9.59 Å². The van der Waals surface area contributed by atoms with Crippen LogP contribution in [0.15, 0.2) is 34.4 Å². The summed E-state index contributed by atoms with van der Waals surface area (Å²) in [5, 5.41) is 11.6. The lowest BCUT2D eigenvalue weighted by Gasteiger charge is -2.19. The lowest BCUT2D eigenvalue weighted by Crippen LogP contribution is -2.38. The van der Waals surface area contributed by atoms with E-state index in [4.69, 9.17) is 15.6 Å². The van der Waals surface area contributed by atoms with Gasteiger partial charge >= 0.3 is 12.1 Å². The Morgan fingerprint density at radius 3 is 2.62 bits per heavy atom. The summed E-state index contributed by atoms with van der Waals surface area (Å²) in [5.41, 5.74) is 8.33. The molecule has 1 saturated carbocycles. The average Bonchev–Trinajstić information content (AvgIpc) is 3.65. The molecule has 5 N–H and O–H groups in total. The summed E-state index contributed by atoms with van der Waals surface area (Å²) in [6.45, 7) is 3.70. The van der Waals surface area contributed by atoms with E-state index in [0.717, 1.165) is 29.6 Å². The Bertz CT molecular complexity index is 1300. The van der Waals surface area contributed by atoms with E-state index in [-0.39, 0.29) is 29.9 Å². The molecule has 0 spiro atoms. The van der Waals surface area contributed by atoms with E-state index in [9.17, 15) is 19.2 Å². The maximum absolute atomic E-state index is 13.3. The van der Waals surface area contributed by atoms with Crippen molar-refractivity contribution in [2.24, 2.45) is 15.7 Å². The standard InChI is InChI=1S/C26H32N6O7/c1-4-9-32(26(37)39-14-38-21(34)12-33)25(36)19-11-28-22(16(19)3)23(29-13-27)31-20-10-17(6-5-15(20)2)24(35)30-18-7-8-18/h5-6,10-11,13,18,28,33H,4,7-9,12,14H2,1-3H3,(H,30,35)(H2,27,29,31). The number of aliphatic hydroxyl groups excluding tert-OH is 1. The molecule has 1 aliphatic carbocycles. The lowest BCUT2D eigenvalue weighted by molar-refractivity contribution is -0.155. The van der Waals surface area contributed by atoms with Crippen LogP contribution in [0.1, 0.15) is 63.7 Å². The molecule has 0 bridgehead atoms. The molecule has 39 heavy (non-hydrogen) atoms. The van der Waals surface area contributed by atoms with E-state index in [0.29, 0.717) is 28.9 Å². The summed E-state index contributed by atoms with van der Waals surface area (Å²) in [6, 6.07) is 5.38. The second-order valence-electron chi connectivity index (χ2n) is 8.82. The first-order chi connectivity index (χ1) is 18.7. The number of imide groups is 1. The summed E-state index contributed by atoms with van der Waals surface area (Å²) >= 11 is 0. The molecule has 0 saturated heterocycles. The molecule has 1 aliphatic rings. The van der Waals surface area contributed by atoms with Crippen molar-refractivity contribution in [2.75, 3.05) is 19.9 Å². The van der Waals surface area contributed by atoms with Gasteiger partial charge in [0.25, 0.3) is 11.8 Å². The van der Waals surface area contributed by atoms with Crippen LogP contribution in [0.3, 0.4) is 0 Å². The number of carbonyl (C=O) groups excluding carboxylic acids is 4. The van der Waals surface area contributed by atoms with Gasteiger partial charge in [0.1, 0.15) is 6.61 Å². The molecule has 1 fully saturated rings. The Hall–Kier alpha value is -4.52. The zero-order valence-corrected chi connectivity index (χ0v) is 22.0. The highest BCUT2D eigenvalue weighted by Gasteiger charge is 2.28. The number of aliphatic hydroxyl groups is 1. The third-order valence-corrected chi connectivity index (χ3v) is 5.85. The fraction of sp³-hybridized carbons (Fsp3) is 0.385. The average molecular weight is 541 g/mol. The van der Waals surface area contributed by atoms with Crippen LogP contribution in [-0.4, -0.2) is 77.0 Å². The van der Waals surface area contributed by atoms with Crippen molar-refractivity contribution in [3.05, 3.63) is 52.3 Å². The normalized spacial score (nSPS) is 13.3. The molecule has 1 heterocycles. The molecule has 0 aliphatic heterocycles. The molecular weight excluding hydrogens is 508 g/mol. The quantitative estimate of drug-likeness (QED) is 0.152. The number of hydrogen-bond acceptors (Lipinski definition) is 8. The minimum Gasteiger partial charge on any atom is -0.426 e. The minimum absolute atomic E-state index is 0.0440. The number of benzene rings is 1. The molecule has 3 amide bonds. The number of nitrogens with zero attached hydrogens (tertiary/aromatic N) is 3. The Balaban J connectivity index is 1.88. The predicted molar refractivity (Wildman–Crippen MR) is 142 cm³/mol. The molecule has 13 nitrogen and oxygen atoms in total. The monoisotopic (exact) mass is 540 g/mol. The number of carbonyl (C=O) groups is 4. The summed E-state index contributed by atoms with van der Waals surface area (Å²) in [6.07, 6.45) is 3.85. The van der Waals surface area contributed by atoms with Crippen LogP contribution in [0.25, 0.3) is 0 Å². The van der Waals surface area contributed by atoms with Crippen molar-refractivity contribution in [1.29, 1.82) is 0 Å². The van der Waals surface area contributed by atoms with Gasteiger partial charge in [-0.1, -0.05) is 13.0 Å². The number of hydrogen-bond donors (Lipinski definition) is 4. The van der Waals surface area contributed by atoms with E-state index in [1.165, 1.54) is 6.20 Å². The Morgan fingerprint density at radius 1 is 1.23 bits per heavy atom. The summed E-state index contributed by atoms with van der Waals surface area (Å²) < 4.78 is 9.39. The number of aryl methyl sites for hydroxylation is 1. The maximum atomic E-state index is 13.3. The highest BCUT2D eigenvalue weighted by molar-refractivity contribution is 6.09. The van der Waals surface area contributed by atoms with Crippen molar-refractivity contribution in [1.82, 2.24) is 15.2 Å². The van der Waals surface area contributed by atoms with Gasteiger partial charge in [0.05, 0.1) is 23.3 Å². The van der Waals surface area contributed by atoms with Crippen molar-refractivity contribution in [3.8, 4) is 0 Å². The fourth-order valence-electron chi connectivity index (χ4n) is 3.57. The number of amides is 3. The largest absolute Gasteiger partial charge is 0.426 e. The lowest BCUT2D eigenvalue weighted by atomic mass is 10.1. The van der Waals surface area contributed by atoms with E-state index < -0.39 is 31.4 Å². The molecular formula is C26H32N6O7. The van der Waals surface area contributed by atoms with Crippen LogP contribution in [0.2, 0.25) is 0 Å². The van der Waals surface area contributed by atoms with Crippen LogP contribution < -0.4 is 11.1 Å². The third-order valence-electron chi connectivity index (χ3n) is 5.85. The molecule has 13 heteroatoms. The first kappa shape index (κ1) is 29.0. The van der Waals surface area contributed by atoms with Crippen molar-refractivity contribution < 1.29 is 33.8 Å². The second kappa shape index (κ2) is 13.3. The molecule has 1 aromatic heterocycles. The number of rotatable bonds is 10.